The van der Waals surface area contributed by atoms with E-state index in [9.17, 15) is 0 Å². The second-order valence-corrected chi connectivity index (χ2v) is 4.31. The number of halogens is 1. The summed E-state index contributed by atoms with van der Waals surface area (Å²) >= 11 is 3.42. The lowest BCUT2D eigenvalue weighted by Crippen LogP contribution is -2.28. The molecule has 1 saturated heterocycles. The highest BCUT2D eigenvalue weighted by Crippen LogP contribution is 2.16. The van der Waals surface area contributed by atoms with Crippen LogP contribution in [0.2, 0.25) is 0 Å². The van der Waals surface area contributed by atoms with Crippen LogP contribution < -0.4 is 5.32 Å². The Morgan fingerprint density at radius 2 is 2.21 bits per heavy atom. The van der Waals surface area contributed by atoms with E-state index in [1.165, 1.54) is 0 Å². The Morgan fingerprint density at radius 3 is 2.93 bits per heavy atom. The lowest BCUT2D eigenvalue weighted by Gasteiger charge is -2.23. The molecule has 0 atom stereocenters. The average Bonchev–Trinajstić information content (AvgIpc) is 2.19. The number of nitrogens with zero attached hydrogens (tertiary/aromatic N) is 1. The minimum atomic E-state index is 0.505. The predicted molar refractivity (Wildman–Crippen MR) is 59.4 cm³/mol. The van der Waals surface area contributed by atoms with E-state index in [1.54, 1.807) is 6.20 Å². The van der Waals surface area contributed by atoms with Crippen LogP contribution in [-0.2, 0) is 4.74 Å². The molecule has 1 aliphatic heterocycles. The predicted octanol–water partition coefficient (Wildman–Crippen LogP) is 2.44. The molecule has 3 nitrogen and oxygen atoms in total. The molecule has 0 bridgehead atoms. The summed E-state index contributed by atoms with van der Waals surface area (Å²) in [6.07, 6.45) is 3.92. The van der Waals surface area contributed by atoms with E-state index in [4.69, 9.17) is 4.74 Å². The van der Waals surface area contributed by atoms with Crippen molar-refractivity contribution in [3.05, 3.63) is 22.8 Å². The number of pyridine rings is 1. The molecule has 0 radical (unpaired) electrons. The fourth-order valence-electron chi connectivity index (χ4n) is 1.53. The summed E-state index contributed by atoms with van der Waals surface area (Å²) in [5, 5.41) is 3.40. The lowest BCUT2D eigenvalue weighted by molar-refractivity contribution is 0.0904. The first-order valence-corrected chi connectivity index (χ1v) is 5.60. The molecule has 1 aliphatic rings. The van der Waals surface area contributed by atoms with Crippen LogP contribution >= 0.6 is 15.9 Å². The molecule has 0 unspecified atom stereocenters. The minimum Gasteiger partial charge on any atom is -0.381 e. The van der Waals surface area contributed by atoms with Crippen molar-refractivity contribution in [3.8, 4) is 0 Å². The smallest absolute Gasteiger partial charge is 0.127 e. The van der Waals surface area contributed by atoms with Gasteiger partial charge in [0.05, 0.1) is 0 Å². The highest BCUT2D eigenvalue weighted by Gasteiger charge is 2.13. The number of aromatic nitrogens is 1. The van der Waals surface area contributed by atoms with E-state index in [0.29, 0.717) is 6.04 Å². The van der Waals surface area contributed by atoms with Gasteiger partial charge >= 0.3 is 0 Å². The zero-order chi connectivity index (χ0) is 9.80. The first-order valence-electron chi connectivity index (χ1n) is 4.80. The molecule has 14 heavy (non-hydrogen) atoms. The number of ether oxygens (including phenoxy) is 1. The van der Waals surface area contributed by atoms with Gasteiger partial charge in [-0.1, -0.05) is 15.9 Å². The molecule has 1 N–H and O–H groups in total. The second-order valence-electron chi connectivity index (χ2n) is 3.39. The standard InChI is InChI=1S/C10H13BrN2O/c11-8-1-4-12-10(7-8)13-9-2-5-14-6-3-9/h1,4,7,9H,2-3,5-6H2,(H,12,13). The topological polar surface area (TPSA) is 34.2 Å². The largest absolute Gasteiger partial charge is 0.381 e. The van der Waals surface area contributed by atoms with Crippen molar-refractivity contribution in [2.45, 2.75) is 18.9 Å². The van der Waals surface area contributed by atoms with Crippen molar-refractivity contribution in [1.29, 1.82) is 0 Å². The van der Waals surface area contributed by atoms with Gasteiger partial charge < -0.3 is 10.1 Å². The summed E-state index contributed by atoms with van der Waals surface area (Å²) in [6.45, 7) is 1.71. The van der Waals surface area contributed by atoms with Gasteiger partial charge in [-0.25, -0.2) is 4.98 Å². The quantitative estimate of drug-likeness (QED) is 0.883. The third-order valence-corrected chi connectivity index (χ3v) is 2.79. The zero-order valence-electron chi connectivity index (χ0n) is 7.87. The van der Waals surface area contributed by atoms with E-state index in [0.717, 1.165) is 36.3 Å². The molecule has 1 fully saturated rings. The van der Waals surface area contributed by atoms with Crippen molar-refractivity contribution < 1.29 is 4.74 Å². The maximum absolute atomic E-state index is 5.29. The Labute approximate surface area is 92.0 Å². The summed E-state index contributed by atoms with van der Waals surface area (Å²) < 4.78 is 6.35. The van der Waals surface area contributed by atoms with E-state index in [1.807, 2.05) is 12.1 Å². The number of hydrogen-bond donors (Lipinski definition) is 1. The summed E-state index contributed by atoms with van der Waals surface area (Å²) in [4.78, 5) is 4.25. The number of rotatable bonds is 2. The Morgan fingerprint density at radius 1 is 1.43 bits per heavy atom. The monoisotopic (exact) mass is 256 g/mol. The summed E-state index contributed by atoms with van der Waals surface area (Å²) in [6, 6.07) is 4.43. The molecule has 0 aliphatic carbocycles. The Hall–Kier alpha value is -0.610. The maximum atomic E-state index is 5.29. The third-order valence-electron chi connectivity index (χ3n) is 2.30. The van der Waals surface area contributed by atoms with Gasteiger partial charge in [0.1, 0.15) is 5.82 Å². The van der Waals surface area contributed by atoms with Gasteiger partial charge in [0.25, 0.3) is 0 Å². The minimum absolute atomic E-state index is 0.505. The van der Waals surface area contributed by atoms with Crippen molar-refractivity contribution in [3.63, 3.8) is 0 Å². The van der Waals surface area contributed by atoms with Crippen molar-refractivity contribution in [1.82, 2.24) is 4.98 Å². The van der Waals surface area contributed by atoms with Gasteiger partial charge in [-0.05, 0) is 25.0 Å². The fraction of sp³-hybridized carbons (Fsp3) is 0.500. The van der Waals surface area contributed by atoms with E-state index in [2.05, 4.69) is 26.2 Å². The molecule has 76 valence electrons. The molecule has 4 heteroatoms. The first-order chi connectivity index (χ1) is 6.84. The van der Waals surface area contributed by atoms with Crippen LogP contribution in [0.25, 0.3) is 0 Å². The van der Waals surface area contributed by atoms with E-state index >= 15 is 0 Å². The number of nitrogens with one attached hydrogen (secondary N) is 1. The van der Waals surface area contributed by atoms with Gasteiger partial charge in [-0.15, -0.1) is 0 Å². The van der Waals surface area contributed by atoms with Gasteiger partial charge in [-0.2, -0.15) is 0 Å². The maximum Gasteiger partial charge on any atom is 0.127 e. The third kappa shape index (κ3) is 2.69. The van der Waals surface area contributed by atoms with Crippen LogP contribution in [0.5, 0.6) is 0 Å². The van der Waals surface area contributed by atoms with Crippen LogP contribution in [0, 0.1) is 0 Å². The molecule has 2 heterocycles. The van der Waals surface area contributed by atoms with Gasteiger partial charge in [-0.3, -0.25) is 0 Å². The fourth-order valence-corrected chi connectivity index (χ4v) is 1.87. The van der Waals surface area contributed by atoms with Crippen LogP contribution in [0.3, 0.4) is 0 Å². The molecule has 0 saturated carbocycles. The second kappa shape index (κ2) is 4.75. The lowest BCUT2D eigenvalue weighted by atomic mass is 10.1. The van der Waals surface area contributed by atoms with E-state index < -0.39 is 0 Å². The highest BCUT2D eigenvalue weighted by molar-refractivity contribution is 9.10. The zero-order valence-corrected chi connectivity index (χ0v) is 9.46. The van der Waals surface area contributed by atoms with Gasteiger partial charge in [0, 0.05) is 29.9 Å². The normalized spacial score (nSPS) is 18.1. The van der Waals surface area contributed by atoms with Gasteiger partial charge in [0.2, 0.25) is 0 Å². The molecular formula is C10H13BrN2O. The molecule has 1 aromatic heterocycles. The molecule has 0 aromatic carbocycles. The van der Waals surface area contributed by atoms with Crippen molar-refractivity contribution in [2.75, 3.05) is 18.5 Å². The Bertz CT molecular complexity index is 300. The van der Waals surface area contributed by atoms with Crippen molar-refractivity contribution in [2.24, 2.45) is 0 Å². The highest BCUT2D eigenvalue weighted by atomic mass is 79.9. The number of anilines is 1. The average molecular weight is 257 g/mol. The van der Waals surface area contributed by atoms with E-state index in [-0.39, 0.29) is 0 Å². The molecule has 0 amide bonds. The Kier molecular flexibility index (Phi) is 3.37. The summed E-state index contributed by atoms with van der Waals surface area (Å²) in [5.41, 5.74) is 0. The Balaban J connectivity index is 1.95. The van der Waals surface area contributed by atoms with Crippen LogP contribution in [0.4, 0.5) is 5.82 Å². The van der Waals surface area contributed by atoms with Crippen LogP contribution in [0.15, 0.2) is 22.8 Å². The molecular weight excluding hydrogens is 244 g/mol. The van der Waals surface area contributed by atoms with Crippen LogP contribution in [-0.4, -0.2) is 24.2 Å². The number of hydrogen-bond acceptors (Lipinski definition) is 3. The van der Waals surface area contributed by atoms with Crippen molar-refractivity contribution >= 4 is 21.7 Å². The SMILES string of the molecule is Brc1ccnc(NC2CCOCC2)c1. The first kappa shape index (κ1) is 9.93. The van der Waals surface area contributed by atoms with Gasteiger partial charge in [0.15, 0.2) is 0 Å². The summed E-state index contributed by atoms with van der Waals surface area (Å²) in [5.74, 6) is 0.936. The summed E-state index contributed by atoms with van der Waals surface area (Å²) in [7, 11) is 0. The molecule has 0 spiro atoms. The molecule has 1 aromatic rings. The van der Waals surface area contributed by atoms with Crippen LogP contribution in [0.1, 0.15) is 12.8 Å². The molecule has 2 rings (SSSR count).